The van der Waals surface area contributed by atoms with Gasteiger partial charge in [-0.1, -0.05) is 44.4 Å². The van der Waals surface area contributed by atoms with Crippen LogP contribution in [0.15, 0.2) is 30.5 Å². The first-order chi connectivity index (χ1) is 9.27. The van der Waals surface area contributed by atoms with Crippen molar-refractivity contribution in [2.75, 3.05) is 0 Å². The first kappa shape index (κ1) is 13.5. The fraction of sp³-hybridized carbons (Fsp3) is 0.375. The Morgan fingerprint density at radius 1 is 1.21 bits per heavy atom. The van der Waals surface area contributed by atoms with E-state index in [0.717, 1.165) is 23.9 Å². The molecule has 2 aromatic rings. The molecule has 3 nitrogen and oxygen atoms in total. The lowest BCUT2D eigenvalue weighted by molar-refractivity contribution is -0.104. The summed E-state index contributed by atoms with van der Waals surface area (Å²) in [4.78, 5) is 22.3. The minimum absolute atomic E-state index is 0.392. The normalized spacial score (nSPS) is 10.8. The van der Waals surface area contributed by atoms with Gasteiger partial charge >= 0.3 is 0 Å². The number of carbonyl (C=O) groups excluding carboxylic acids is 2. The standard InChI is InChI=1S/C16H19NO2/c1-2-3-4-7-10-17-11-14(16(19)12-18)13-8-5-6-9-15(13)17/h5-6,8-9,11-12H,2-4,7,10H2,1H3. The zero-order valence-electron chi connectivity index (χ0n) is 11.3. The number of aldehydes is 1. The Labute approximate surface area is 113 Å². The van der Waals surface area contributed by atoms with Crippen LogP contribution >= 0.6 is 0 Å². The van der Waals surface area contributed by atoms with Crippen LogP contribution in [0.1, 0.15) is 43.0 Å². The molecule has 0 amide bonds. The minimum atomic E-state index is -0.441. The number of para-hydroxylation sites is 1. The maximum Gasteiger partial charge on any atom is 0.227 e. The zero-order chi connectivity index (χ0) is 13.7. The Morgan fingerprint density at radius 3 is 2.74 bits per heavy atom. The predicted octanol–water partition coefficient (Wildman–Crippen LogP) is 3.60. The van der Waals surface area contributed by atoms with Gasteiger partial charge in [-0.15, -0.1) is 0 Å². The van der Waals surface area contributed by atoms with Crippen LogP contribution in [0.3, 0.4) is 0 Å². The molecule has 0 saturated heterocycles. The van der Waals surface area contributed by atoms with Crippen LogP contribution < -0.4 is 0 Å². The molecule has 0 saturated carbocycles. The van der Waals surface area contributed by atoms with Crippen LogP contribution in [0, 0.1) is 0 Å². The molecule has 1 aromatic heterocycles. The number of Topliss-reactive ketones (excluding diaryl/α,β-unsaturated/α-hetero) is 1. The van der Waals surface area contributed by atoms with Crippen LogP contribution in [0.4, 0.5) is 0 Å². The minimum Gasteiger partial charge on any atom is -0.347 e. The van der Waals surface area contributed by atoms with E-state index in [1.54, 1.807) is 0 Å². The molecule has 1 heterocycles. The molecule has 2 rings (SSSR count). The number of carbonyl (C=O) groups is 2. The van der Waals surface area contributed by atoms with Crippen molar-refractivity contribution >= 4 is 23.0 Å². The summed E-state index contributed by atoms with van der Waals surface area (Å²) in [6, 6.07) is 7.75. The molecular formula is C16H19NO2. The van der Waals surface area contributed by atoms with Gasteiger partial charge in [0, 0.05) is 23.6 Å². The van der Waals surface area contributed by atoms with E-state index in [1.165, 1.54) is 19.3 Å². The van der Waals surface area contributed by atoms with Gasteiger partial charge < -0.3 is 4.57 Å². The van der Waals surface area contributed by atoms with E-state index in [4.69, 9.17) is 0 Å². The van der Waals surface area contributed by atoms with Crippen LogP contribution in [-0.4, -0.2) is 16.6 Å². The number of fused-ring (bicyclic) bond motifs is 1. The number of benzene rings is 1. The molecule has 0 aliphatic carbocycles. The average molecular weight is 257 g/mol. The van der Waals surface area contributed by atoms with Gasteiger partial charge in [0.25, 0.3) is 0 Å². The molecular weight excluding hydrogens is 238 g/mol. The smallest absolute Gasteiger partial charge is 0.227 e. The second-order valence-electron chi connectivity index (χ2n) is 4.80. The lowest BCUT2D eigenvalue weighted by Crippen LogP contribution is -1.99. The highest BCUT2D eigenvalue weighted by Crippen LogP contribution is 2.22. The van der Waals surface area contributed by atoms with Gasteiger partial charge in [-0.2, -0.15) is 0 Å². The maximum atomic E-state index is 11.6. The summed E-state index contributed by atoms with van der Waals surface area (Å²) in [6.45, 7) is 3.08. The van der Waals surface area contributed by atoms with E-state index in [2.05, 4.69) is 11.5 Å². The van der Waals surface area contributed by atoms with Crippen LogP contribution in [0.25, 0.3) is 10.9 Å². The first-order valence-electron chi connectivity index (χ1n) is 6.85. The largest absolute Gasteiger partial charge is 0.347 e. The van der Waals surface area contributed by atoms with Crippen LogP contribution in [-0.2, 0) is 11.3 Å². The fourth-order valence-electron chi connectivity index (χ4n) is 2.40. The highest BCUT2D eigenvalue weighted by molar-refractivity contribution is 6.36. The van der Waals surface area contributed by atoms with E-state index in [9.17, 15) is 9.59 Å². The summed E-state index contributed by atoms with van der Waals surface area (Å²) in [5.41, 5.74) is 1.55. The van der Waals surface area contributed by atoms with Crippen molar-refractivity contribution in [3.8, 4) is 0 Å². The number of aromatic nitrogens is 1. The van der Waals surface area contributed by atoms with E-state index >= 15 is 0 Å². The van der Waals surface area contributed by atoms with Gasteiger partial charge in [-0.05, 0) is 12.5 Å². The van der Waals surface area contributed by atoms with Gasteiger partial charge in [-0.3, -0.25) is 9.59 Å². The monoisotopic (exact) mass is 257 g/mol. The molecule has 1 aromatic carbocycles. The number of hydrogen-bond acceptors (Lipinski definition) is 2. The zero-order valence-corrected chi connectivity index (χ0v) is 11.3. The van der Waals surface area contributed by atoms with Gasteiger partial charge in [0.05, 0.1) is 5.56 Å². The van der Waals surface area contributed by atoms with Crippen LogP contribution in [0.2, 0.25) is 0 Å². The van der Waals surface area contributed by atoms with Crippen molar-refractivity contribution in [3.63, 3.8) is 0 Å². The molecule has 0 radical (unpaired) electrons. The summed E-state index contributed by atoms with van der Waals surface area (Å²) in [5, 5.41) is 0.870. The van der Waals surface area contributed by atoms with Gasteiger partial charge in [0.15, 0.2) is 6.29 Å². The Morgan fingerprint density at radius 2 is 2.00 bits per heavy atom. The third-order valence-electron chi connectivity index (χ3n) is 3.41. The molecule has 0 fully saturated rings. The van der Waals surface area contributed by atoms with Crippen molar-refractivity contribution in [2.24, 2.45) is 0 Å². The van der Waals surface area contributed by atoms with Crippen molar-refractivity contribution in [3.05, 3.63) is 36.0 Å². The Kier molecular flexibility index (Phi) is 4.50. The average Bonchev–Trinajstić information content (AvgIpc) is 2.82. The lowest BCUT2D eigenvalue weighted by Gasteiger charge is -2.04. The quantitative estimate of drug-likeness (QED) is 0.329. The molecule has 0 aliphatic heterocycles. The van der Waals surface area contributed by atoms with Crippen molar-refractivity contribution < 1.29 is 9.59 Å². The molecule has 0 unspecified atom stereocenters. The van der Waals surface area contributed by atoms with Gasteiger partial charge in [0.1, 0.15) is 0 Å². The number of ketones is 1. The number of aryl methyl sites for hydroxylation is 1. The van der Waals surface area contributed by atoms with Gasteiger partial charge in [0.2, 0.25) is 5.78 Å². The Hall–Kier alpha value is -1.90. The van der Waals surface area contributed by atoms with E-state index in [1.807, 2.05) is 30.5 Å². The summed E-state index contributed by atoms with van der Waals surface area (Å²) in [7, 11) is 0. The SMILES string of the molecule is CCCCCCn1cc(C(=O)C=O)c2ccccc21. The molecule has 0 N–H and O–H groups in total. The second kappa shape index (κ2) is 6.32. The predicted molar refractivity (Wildman–Crippen MR) is 76.5 cm³/mol. The third-order valence-corrected chi connectivity index (χ3v) is 3.41. The summed E-state index contributed by atoms with van der Waals surface area (Å²) in [5.74, 6) is -0.441. The van der Waals surface area contributed by atoms with Crippen molar-refractivity contribution in [1.82, 2.24) is 4.57 Å². The van der Waals surface area contributed by atoms with Gasteiger partial charge in [-0.25, -0.2) is 0 Å². The third kappa shape index (κ3) is 2.92. The summed E-state index contributed by atoms with van der Waals surface area (Å²) >= 11 is 0. The molecule has 19 heavy (non-hydrogen) atoms. The maximum absolute atomic E-state index is 11.6. The molecule has 0 atom stereocenters. The molecule has 3 heteroatoms. The Bertz CT molecular complexity index is 583. The molecule has 0 spiro atoms. The Balaban J connectivity index is 2.28. The number of hydrogen-bond donors (Lipinski definition) is 0. The number of nitrogens with zero attached hydrogens (tertiary/aromatic N) is 1. The van der Waals surface area contributed by atoms with E-state index in [-0.39, 0.29) is 0 Å². The molecule has 100 valence electrons. The molecule has 0 aliphatic rings. The number of rotatable bonds is 7. The molecule has 0 bridgehead atoms. The highest BCUT2D eigenvalue weighted by atomic mass is 16.2. The fourth-order valence-corrected chi connectivity index (χ4v) is 2.40. The lowest BCUT2D eigenvalue weighted by atomic mass is 10.1. The topological polar surface area (TPSA) is 39.1 Å². The number of unbranched alkanes of at least 4 members (excludes halogenated alkanes) is 3. The summed E-state index contributed by atoms with van der Waals surface area (Å²) < 4.78 is 2.09. The second-order valence-corrected chi connectivity index (χ2v) is 4.80. The van der Waals surface area contributed by atoms with Crippen molar-refractivity contribution in [2.45, 2.75) is 39.2 Å². The van der Waals surface area contributed by atoms with Crippen LogP contribution in [0.5, 0.6) is 0 Å². The van der Waals surface area contributed by atoms with E-state index < -0.39 is 5.78 Å². The summed E-state index contributed by atoms with van der Waals surface area (Å²) in [6.07, 6.45) is 6.94. The highest BCUT2D eigenvalue weighted by Gasteiger charge is 2.13. The van der Waals surface area contributed by atoms with E-state index in [0.29, 0.717) is 11.8 Å². The first-order valence-corrected chi connectivity index (χ1v) is 6.85. The van der Waals surface area contributed by atoms with Crippen molar-refractivity contribution in [1.29, 1.82) is 0 Å².